The predicted octanol–water partition coefficient (Wildman–Crippen LogP) is 3.31. The minimum absolute atomic E-state index is 0.639. The van der Waals surface area contributed by atoms with Crippen molar-refractivity contribution in [2.75, 3.05) is 19.8 Å². The largest absolute Gasteiger partial charge is 0.381 e. The van der Waals surface area contributed by atoms with Gasteiger partial charge in [0, 0.05) is 31.8 Å². The minimum Gasteiger partial charge on any atom is -0.381 e. The summed E-state index contributed by atoms with van der Waals surface area (Å²) in [5.74, 6) is 0. The molecule has 0 aromatic heterocycles. The molecule has 0 aliphatic carbocycles. The molecule has 0 fully saturated rings. The third kappa shape index (κ3) is 7.80. The molecule has 0 unspecified atom stereocenters. The lowest BCUT2D eigenvalue weighted by Gasteiger charge is -2.30. The summed E-state index contributed by atoms with van der Waals surface area (Å²) in [6.07, 6.45) is 3.57. The maximum Gasteiger partial charge on any atom is 0.0478 e. The first-order valence-electron chi connectivity index (χ1n) is 6.43. The monoisotopic (exact) mass is 215 g/mol. The van der Waals surface area contributed by atoms with Gasteiger partial charge in [-0.25, -0.2) is 0 Å². The lowest BCUT2D eigenvalue weighted by atomic mass is 10.2. The van der Waals surface area contributed by atoms with Gasteiger partial charge in [0.15, 0.2) is 0 Å². The highest BCUT2D eigenvalue weighted by Gasteiger charge is 2.11. The van der Waals surface area contributed by atoms with Crippen LogP contribution in [0.25, 0.3) is 0 Å². The normalized spacial score (nSPS) is 12.0. The van der Waals surface area contributed by atoms with E-state index in [1.54, 1.807) is 0 Å². The fourth-order valence-corrected chi connectivity index (χ4v) is 1.81. The Bertz CT molecular complexity index is 126. The van der Waals surface area contributed by atoms with E-state index >= 15 is 0 Å². The Hall–Kier alpha value is -0.0800. The summed E-state index contributed by atoms with van der Waals surface area (Å²) in [7, 11) is 0. The minimum atomic E-state index is 0.639. The fourth-order valence-electron chi connectivity index (χ4n) is 1.81. The van der Waals surface area contributed by atoms with Crippen LogP contribution in [0.1, 0.15) is 53.9 Å². The van der Waals surface area contributed by atoms with E-state index in [1.807, 2.05) is 0 Å². The molecule has 0 saturated carbocycles. The number of ether oxygens (including phenoxy) is 1. The van der Waals surface area contributed by atoms with Gasteiger partial charge in [-0.3, -0.25) is 4.90 Å². The lowest BCUT2D eigenvalue weighted by Crippen LogP contribution is -2.38. The highest BCUT2D eigenvalue weighted by molar-refractivity contribution is 4.66. The van der Waals surface area contributed by atoms with Crippen molar-refractivity contribution in [2.45, 2.75) is 66.0 Å². The summed E-state index contributed by atoms with van der Waals surface area (Å²) in [5, 5.41) is 0. The zero-order valence-electron chi connectivity index (χ0n) is 11.3. The molecule has 0 aliphatic heterocycles. The van der Waals surface area contributed by atoms with Crippen LogP contribution in [0.4, 0.5) is 0 Å². The van der Waals surface area contributed by atoms with Gasteiger partial charge in [0.1, 0.15) is 0 Å². The van der Waals surface area contributed by atoms with Crippen molar-refractivity contribution in [1.29, 1.82) is 0 Å². The SMILES string of the molecule is CCCCOCCCN(C(C)C)C(C)C. The summed E-state index contributed by atoms with van der Waals surface area (Å²) in [6.45, 7) is 14.2. The molecule has 0 atom stereocenters. The van der Waals surface area contributed by atoms with Crippen molar-refractivity contribution in [3.63, 3.8) is 0 Å². The summed E-state index contributed by atoms with van der Waals surface area (Å²) in [6, 6.07) is 1.28. The second kappa shape index (κ2) is 9.17. The zero-order chi connectivity index (χ0) is 11.7. The van der Waals surface area contributed by atoms with Crippen molar-refractivity contribution in [3.8, 4) is 0 Å². The highest BCUT2D eigenvalue weighted by atomic mass is 16.5. The van der Waals surface area contributed by atoms with Crippen LogP contribution in [-0.4, -0.2) is 36.7 Å². The zero-order valence-corrected chi connectivity index (χ0v) is 11.3. The standard InChI is InChI=1S/C13H29NO/c1-6-7-10-15-11-8-9-14(12(2)3)13(4)5/h12-13H,6-11H2,1-5H3. The highest BCUT2D eigenvalue weighted by Crippen LogP contribution is 2.05. The Labute approximate surface area is 96.0 Å². The van der Waals surface area contributed by atoms with E-state index in [0.717, 1.165) is 26.2 Å². The molecule has 0 heterocycles. The molecule has 2 heteroatoms. The van der Waals surface area contributed by atoms with Crippen LogP contribution in [0.15, 0.2) is 0 Å². The van der Waals surface area contributed by atoms with E-state index in [0.29, 0.717) is 12.1 Å². The molecule has 0 spiro atoms. The van der Waals surface area contributed by atoms with Gasteiger partial charge in [-0.05, 0) is 40.5 Å². The van der Waals surface area contributed by atoms with Crippen molar-refractivity contribution in [1.82, 2.24) is 4.90 Å². The molecule has 0 N–H and O–H groups in total. The van der Waals surface area contributed by atoms with Gasteiger partial charge < -0.3 is 4.74 Å². The average molecular weight is 215 g/mol. The molecular formula is C13H29NO. The van der Waals surface area contributed by atoms with Crippen LogP contribution in [0.3, 0.4) is 0 Å². The predicted molar refractivity (Wildman–Crippen MR) is 67.3 cm³/mol. The van der Waals surface area contributed by atoms with E-state index in [9.17, 15) is 0 Å². The topological polar surface area (TPSA) is 12.5 Å². The number of hydrogen-bond acceptors (Lipinski definition) is 2. The van der Waals surface area contributed by atoms with Gasteiger partial charge in [-0.1, -0.05) is 13.3 Å². The van der Waals surface area contributed by atoms with Gasteiger partial charge in [0.25, 0.3) is 0 Å². The van der Waals surface area contributed by atoms with Gasteiger partial charge in [0.2, 0.25) is 0 Å². The Balaban J connectivity index is 3.46. The number of unbranched alkanes of at least 4 members (excludes halogenated alkanes) is 1. The van der Waals surface area contributed by atoms with Crippen LogP contribution in [0.5, 0.6) is 0 Å². The van der Waals surface area contributed by atoms with E-state index in [4.69, 9.17) is 4.74 Å². The van der Waals surface area contributed by atoms with Crippen LogP contribution in [0, 0.1) is 0 Å². The van der Waals surface area contributed by atoms with Crippen LogP contribution in [-0.2, 0) is 4.74 Å². The molecule has 0 aliphatic rings. The second-order valence-corrected chi connectivity index (χ2v) is 4.74. The summed E-state index contributed by atoms with van der Waals surface area (Å²) in [4.78, 5) is 2.52. The van der Waals surface area contributed by atoms with Crippen LogP contribution < -0.4 is 0 Å². The molecule has 0 aromatic rings. The number of rotatable bonds is 9. The van der Waals surface area contributed by atoms with Gasteiger partial charge in [-0.15, -0.1) is 0 Å². The summed E-state index contributed by atoms with van der Waals surface area (Å²) < 4.78 is 5.56. The summed E-state index contributed by atoms with van der Waals surface area (Å²) in [5.41, 5.74) is 0. The van der Waals surface area contributed by atoms with Crippen molar-refractivity contribution < 1.29 is 4.74 Å². The van der Waals surface area contributed by atoms with E-state index in [2.05, 4.69) is 39.5 Å². The fraction of sp³-hybridized carbons (Fsp3) is 1.00. The molecule has 0 radical (unpaired) electrons. The van der Waals surface area contributed by atoms with E-state index in [1.165, 1.54) is 12.8 Å². The Kier molecular flexibility index (Phi) is 9.12. The number of nitrogens with zero attached hydrogens (tertiary/aromatic N) is 1. The van der Waals surface area contributed by atoms with E-state index in [-0.39, 0.29) is 0 Å². The van der Waals surface area contributed by atoms with Gasteiger partial charge in [0.05, 0.1) is 0 Å². The van der Waals surface area contributed by atoms with Crippen molar-refractivity contribution in [3.05, 3.63) is 0 Å². The number of hydrogen-bond donors (Lipinski definition) is 0. The molecule has 0 bridgehead atoms. The maximum absolute atomic E-state index is 5.56. The van der Waals surface area contributed by atoms with Gasteiger partial charge in [-0.2, -0.15) is 0 Å². The van der Waals surface area contributed by atoms with Crippen molar-refractivity contribution >= 4 is 0 Å². The third-order valence-corrected chi connectivity index (χ3v) is 2.67. The van der Waals surface area contributed by atoms with Crippen LogP contribution >= 0.6 is 0 Å². The molecule has 92 valence electrons. The third-order valence-electron chi connectivity index (χ3n) is 2.67. The van der Waals surface area contributed by atoms with Gasteiger partial charge >= 0.3 is 0 Å². The molecular weight excluding hydrogens is 186 g/mol. The second-order valence-electron chi connectivity index (χ2n) is 4.74. The Morgan fingerprint density at radius 3 is 1.93 bits per heavy atom. The first kappa shape index (κ1) is 14.9. The molecule has 2 nitrogen and oxygen atoms in total. The first-order chi connectivity index (χ1) is 7.09. The average Bonchev–Trinajstić information content (AvgIpc) is 2.15. The molecule has 0 aromatic carbocycles. The van der Waals surface area contributed by atoms with E-state index < -0.39 is 0 Å². The quantitative estimate of drug-likeness (QED) is 0.547. The Morgan fingerprint density at radius 2 is 1.47 bits per heavy atom. The maximum atomic E-state index is 5.56. The summed E-state index contributed by atoms with van der Waals surface area (Å²) >= 11 is 0. The first-order valence-corrected chi connectivity index (χ1v) is 6.43. The Morgan fingerprint density at radius 1 is 0.933 bits per heavy atom. The molecule has 0 saturated heterocycles. The lowest BCUT2D eigenvalue weighted by molar-refractivity contribution is 0.104. The van der Waals surface area contributed by atoms with Crippen molar-refractivity contribution in [2.24, 2.45) is 0 Å². The molecule has 0 rings (SSSR count). The smallest absolute Gasteiger partial charge is 0.0478 e. The molecule has 0 amide bonds. The molecule has 15 heavy (non-hydrogen) atoms. The van der Waals surface area contributed by atoms with Crippen LogP contribution in [0.2, 0.25) is 0 Å².